The van der Waals surface area contributed by atoms with Crippen LogP contribution in [-0.4, -0.2) is 22.8 Å². The van der Waals surface area contributed by atoms with E-state index in [1.165, 1.54) is 11.1 Å². The fourth-order valence-corrected chi connectivity index (χ4v) is 3.23. The van der Waals surface area contributed by atoms with Crippen molar-refractivity contribution in [3.63, 3.8) is 0 Å². The SMILES string of the molecule is C/C1=C\C=C(/C(C)C)CCC2=CCC[C@](C)(OC2=O)[C@H](O)CC1. The van der Waals surface area contributed by atoms with E-state index in [0.717, 1.165) is 24.8 Å². The number of fused-ring (bicyclic) bond motifs is 3. The molecule has 1 N–H and O–H groups in total. The van der Waals surface area contributed by atoms with Gasteiger partial charge in [-0.25, -0.2) is 4.79 Å². The summed E-state index contributed by atoms with van der Waals surface area (Å²) in [6.07, 6.45) is 10.2. The van der Waals surface area contributed by atoms with Crippen molar-refractivity contribution in [3.8, 4) is 0 Å². The van der Waals surface area contributed by atoms with E-state index >= 15 is 0 Å². The number of esters is 1. The topological polar surface area (TPSA) is 46.5 Å². The molecule has 0 spiro atoms. The molecule has 0 radical (unpaired) electrons. The Morgan fingerprint density at radius 3 is 2.70 bits per heavy atom. The van der Waals surface area contributed by atoms with Crippen molar-refractivity contribution < 1.29 is 14.6 Å². The zero-order valence-electron chi connectivity index (χ0n) is 14.9. The highest BCUT2D eigenvalue weighted by Gasteiger charge is 2.38. The largest absolute Gasteiger partial charge is 0.453 e. The maximum absolute atomic E-state index is 12.5. The highest BCUT2D eigenvalue weighted by molar-refractivity contribution is 5.89. The molecule has 0 saturated heterocycles. The summed E-state index contributed by atoms with van der Waals surface area (Å²) in [4.78, 5) is 12.5. The molecular formula is C20H30O3. The third-order valence-electron chi connectivity index (χ3n) is 5.14. The fraction of sp³-hybridized carbons (Fsp3) is 0.650. The van der Waals surface area contributed by atoms with Crippen molar-refractivity contribution >= 4 is 5.97 Å². The van der Waals surface area contributed by atoms with Gasteiger partial charge in [-0.3, -0.25) is 0 Å². The van der Waals surface area contributed by atoms with Crippen LogP contribution in [0.5, 0.6) is 0 Å². The molecule has 2 aliphatic heterocycles. The van der Waals surface area contributed by atoms with Crippen molar-refractivity contribution in [2.75, 3.05) is 0 Å². The van der Waals surface area contributed by atoms with E-state index in [1.807, 2.05) is 13.0 Å². The molecular weight excluding hydrogens is 288 g/mol. The standard InChI is InChI=1S/C20H30O3/c1-14(2)16-9-7-15(3)8-12-18(21)20(4)13-5-6-17(11-10-16)19(22)23-20/h6-7,9,14,18,21H,5,8,10-13H2,1-4H3/b15-7+,16-9-/t18-,20+/m1/s1. The summed E-state index contributed by atoms with van der Waals surface area (Å²) in [5.41, 5.74) is 2.58. The maximum Gasteiger partial charge on any atom is 0.334 e. The Bertz CT molecular complexity index is 539. The van der Waals surface area contributed by atoms with Gasteiger partial charge in [0.15, 0.2) is 0 Å². The van der Waals surface area contributed by atoms with Crippen LogP contribution in [0.25, 0.3) is 0 Å². The minimum absolute atomic E-state index is 0.254. The summed E-state index contributed by atoms with van der Waals surface area (Å²) < 4.78 is 5.72. The highest BCUT2D eigenvalue weighted by atomic mass is 16.6. The molecule has 2 heterocycles. The average Bonchev–Trinajstić information content (AvgIpc) is 2.62. The lowest BCUT2D eigenvalue weighted by Gasteiger charge is -2.33. The van der Waals surface area contributed by atoms with Gasteiger partial charge < -0.3 is 9.84 Å². The van der Waals surface area contributed by atoms with Gasteiger partial charge in [0, 0.05) is 5.57 Å². The van der Waals surface area contributed by atoms with Crippen molar-refractivity contribution in [1.82, 2.24) is 0 Å². The first-order valence-corrected chi connectivity index (χ1v) is 8.78. The molecule has 0 aromatic rings. The predicted octanol–water partition coefficient (Wildman–Crippen LogP) is 4.47. The molecule has 0 saturated carbocycles. The number of hydrogen-bond acceptors (Lipinski definition) is 3. The van der Waals surface area contributed by atoms with Crippen LogP contribution in [0.3, 0.4) is 0 Å². The molecule has 2 aliphatic rings. The monoisotopic (exact) mass is 318 g/mol. The van der Waals surface area contributed by atoms with Crippen LogP contribution in [-0.2, 0) is 9.53 Å². The Labute approximate surface area is 140 Å². The van der Waals surface area contributed by atoms with Gasteiger partial charge in [-0.2, -0.15) is 0 Å². The van der Waals surface area contributed by atoms with E-state index in [9.17, 15) is 9.90 Å². The first-order chi connectivity index (χ1) is 10.8. The molecule has 128 valence electrons. The zero-order valence-corrected chi connectivity index (χ0v) is 14.9. The van der Waals surface area contributed by atoms with E-state index in [0.29, 0.717) is 25.2 Å². The van der Waals surface area contributed by atoms with E-state index in [-0.39, 0.29) is 5.97 Å². The van der Waals surface area contributed by atoms with Crippen LogP contribution in [0.4, 0.5) is 0 Å². The quantitative estimate of drug-likeness (QED) is 0.725. The normalized spacial score (nSPS) is 34.8. The molecule has 2 atom stereocenters. The van der Waals surface area contributed by atoms with Crippen molar-refractivity contribution in [1.29, 1.82) is 0 Å². The number of ether oxygens (including phenoxy) is 1. The van der Waals surface area contributed by atoms with E-state index in [4.69, 9.17) is 4.74 Å². The Balaban J connectivity index is 2.32. The Hall–Kier alpha value is -1.35. The van der Waals surface area contributed by atoms with Gasteiger partial charge in [0.2, 0.25) is 0 Å². The second kappa shape index (κ2) is 7.48. The number of carbonyl (C=O) groups excluding carboxylic acids is 1. The number of carbonyl (C=O) groups is 1. The van der Waals surface area contributed by atoms with Gasteiger partial charge in [-0.05, 0) is 58.3 Å². The molecule has 0 fully saturated rings. The van der Waals surface area contributed by atoms with Crippen LogP contribution >= 0.6 is 0 Å². The van der Waals surface area contributed by atoms with Crippen LogP contribution in [0, 0.1) is 5.92 Å². The number of allylic oxidation sites excluding steroid dienone is 5. The first-order valence-electron chi connectivity index (χ1n) is 8.78. The van der Waals surface area contributed by atoms with Crippen molar-refractivity contribution in [2.24, 2.45) is 5.92 Å². The molecule has 3 heteroatoms. The number of hydrogen-bond donors (Lipinski definition) is 1. The average molecular weight is 318 g/mol. The molecule has 0 unspecified atom stereocenters. The summed E-state index contributed by atoms with van der Waals surface area (Å²) >= 11 is 0. The predicted molar refractivity (Wildman–Crippen MR) is 93.0 cm³/mol. The lowest BCUT2D eigenvalue weighted by Crippen LogP contribution is -2.43. The molecule has 0 amide bonds. The molecule has 3 nitrogen and oxygen atoms in total. The van der Waals surface area contributed by atoms with Crippen LogP contribution in [0.2, 0.25) is 0 Å². The third-order valence-corrected chi connectivity index (χ3v) is 5.14. The van der Waals surface area contributed by atoms with Gasteiger partial charge in [-0.15, -0.1) is 0 Å². The van der Waals surface area contributed by atoms with E-state index in [1.54, 1.807) is 0 Å². The van der Waals surface area contributed by atoms with Gasteiger partial charge in [0.1, 0.15) is 5.60 Å². The third kappa shape index (κ3) is 4.57. The smallest absolute Gasteiger partial charge is 0.334 e. The molecule has 23 heavy (non-hydrogen) atoms. The van der Waals surface area contributed by atoms with E-state index in [2.05, 4.69) is 32.9 Å². The van der Waals surface area contributed by atoms with Gasteiger partial charge in [0.05, 0.1) is 6.10 Å². The van der Waals surface area contributed by atoms with Gasteiger partial charge >= 0.3 is 5.97 Å². The number of rotatable bonds is 1. The van der Waals surface area contributed by atoms with Crippen LogP contribution in [0.1, 0.15) is 66.2 Å². The Morgan fingerprint density at radius 2 is 2.00 bits per heavy atom. The summed E-state index contributed by atoms with van der Waals surface area (Å²) in [6, 6.07) is 0. The number of aliphatic hydroxyl groups is 1. The zero-order chi connectivity index (χ0) is 17.0. The molecule has 0 aromatic carbocycles. The summed E-state index contributed by atoms with van der Waals surface area (Å²) in [6.45, 7) is 8.34. The first kappa shape index (κ1) is 18.0. The van der Waals surface area contributed by atoms with Crippen molar-refractivity contribution in [2.45, 2.75) is 77.9 Å². The summed E-state index contributed by atoms with van der Waals surface area (Å²) in [5, 5.41) is 10.6. The Kier molecular flexibility index (Phi) is 5.85. The van der Waals surface area contributed by atoms with Crippen LogP contribution < -0.4 is 0 Å². The minimum atomic E-state index is -0.780. The number of aliphatic hydroxyl groups excluding tert-OH is 1. The van der Waals surface area contributed by atoms with Gasteiger partial charge in [0.25, 0.3) is 0 Å². The summed E-state index contributed by atoms with van der Waals surface area (Å²) in [7, 11) is 0. The minimum Gasteiger partial charge on any atom is -0.453 e. The lowest BCUT2D eigenvalue weighted by atomic mass is 9.89. The lowest BCUT2D eigenvalue weighted by molar-refractivity contribution is -0.166. The highest BCUT2D eigenvalue weighted by Crippen LogP contribution is 2.32. The maximum atomic E-state index is 12.5. The fourth-order valence-electron chi connectivity index (χ4n) is 3.23. The second-order valence-corrected chi connectivity index (χ2v) is 7.43. The Morgan fingerprint density at radius 1 is 1.26 bits per heavy atom. The van der Waals surface area contributed by atoms with Crippen LogP contribution in [0.15, 0.2) is 34.9 Å². The molecule has 0 aliphatic carbocycles. The molecule has 2 bridgehead atoms. The second-order valence-electron chi connectivity index (χ2n) is 7.43. The molecule has 2 rings (SSSR count). The van der Waals surface area contributed by atoms with Crippen molar-refractivity contribution in [3.05, 3.63) is 34.9 Å². The summed E-state index contributed by atoms with van der Waals surface area (Å²) in [5.74, 6) is 0.207. The van der Waals surface area contributed by atoms with E-state index < -0.39 is 11.7 Å². The molecule has 0 aromatic heterocycles. The van der Waals surface area contributed by atoms with Gasteiger partial charge in [-0.1, -0.05) is 43.2 Å².